The minimum Gasteiger partial charge on any atom is -0.316 e. The van der Waals surface area contributed by atoms with E-state index >= 15 is 0 Å². The summed E-state index contributed by atoms with van der Waals surface area (Å²) in [5.41, 5.74) is 1.24. The second-order valence-electron chi connectivity index (χ2n) is 7.82. The van der Waals surface area contributed by atoms with Gasteiger partial charge in [0, 0.05) is 13.1 Å². The Morgan fingerprint density at radius 2 is 1.43 bits per heavy atom. The summed E-state index contributed by atoms with van der Waals surface area (Å²) in [5.74, 6) is 0. The summed E-state index contributed by atoms with van der Waals surface area (Å²) in [6, 6.07) is 0. The molecule has 2 rings (SSSR count). The van der Waals surface area contributed by atoms with Crippen LogP contribution in [0.25, 0.3) is 0 Å². The average Bonchev–Trinajstić information content (AvgIpc) is 2.55. The van der Waals surface area contributed by atoms with Crippen LogP contribution in [0.2, 0.25) is 0 Å². The molecule has 0 bridgehead atoms. The molecule has 0 amide bonds. The minimum absolute atomic E-state index is 0.576. The molecule has 1 saturated carbocycles. The summed E-state index contributed by atoms with van der Waals surface area (Å²) in [6.07, 6.45) is 12.9. The molecular formula is C19H38N2. The summed E-state index contributed by atoms with van der Waals surface area (Å²) in [5, 5.41) is 3.66. The van der Waals surface area contributed by atoms with Gasteiger partial charge in [0.15, 0.2) is 0 Å². The third-order valence-corrected chi connectivity index (χ3v) is 6.64. The largest absolute Gasteiger partial charge is 0.316 e. The zero-order chi connectivity index (χ0) is 15.2. The quantitative estimate of drug-likeness (QED) is 0.746. The molecule has 0 atom stereocenters. The van der Waals surface area contributed by atoms with Crippen molar-refractivity contribution in [2.75, 3.05) is 32.7 Å². The second-order valence-corrected chi connectivity index (χ2v) is 7.82. The van der Waals surface area contributed by atoms with Gasteiger partial charge in [-0.1, -0.05) is 52.9 Å². The molecule has 0 aromatic rings. The Balaban J connectivity index is 1.89. The Bertz CT molecular complexity index is 280. The van der Waals surface area contributed by atoms with Crippen molar-refractivity contribution in [1.29, 1.82) is 0 Å². The Morgan fingerprint density at radius 1 is 0.810 bits per heavy atom. The molecule has 124 valence electrons. The highest BCUT2D eigenvalue weighted by atomic mass is 15.1. The first kappa shape index (κ1) is 17.3. The van der Waals surface area contributed by atoms with E-state index in [1.54, 1.807) is 0 Å². The van der Waals surface area contributed by atoms with Crippen molar-refractivity contribution < 1.29 is 0 Å². The average molecular weight is 295 g/mol. The van der Waals surface area contributed by atoms with Crippen LogP contribution in [0.15, 0.2) is 0 Å². The van der Waals surface area contributed by atoms with Gasteiger partial charge in [-0.25, -0.2) is 0 Å². The molecule has 2 fully saturated rings. The lowest BCUT2D eigenvalue weighted by molar-refractivity contribution is 0.0440. The van der Waals surface area contributed by atoms with Crippen molar-refractivity contribution in [3.8, 4) is 0 Å². The first-order valence-electron chi connectivity index (χ1n) is 9.61. The van der Waals surface area contributed by atoms with Crippen LogP contribution in [0.3, 0.4) is 0 Å². The predicted octanol–water partition coefficient (Wildman–Crippen LogP) is 4.45. The maximum atomic E-state index is 3.66. The van der Waals surface area contributed by atoms with E-state index in [0.29, 0.717) is 10.8 Å². The number of piperidine rings is 1. The van der Waals surface area contributed by atoms with Crippen LogP contribution in [-0.4, -0.2) is 37.6 Å². The van der Waals surface area contributed by atoms with Crippen LogP contribution in [0.5, 0.6) is 0 Å². The third kappa shape index (κ3) is 4.45. The lowest BCUT2D eigenvalue weighted by Crippen LogP contribution is -2.49. The molecule has 2 nitrogen and oxygen atoms in total. The molecule has 2 aliphatic rings. The van der Waals surface area contributed by atoms with Gasteiger partial charge in [0.2, 0.25) is 0 Å². The zero-order valence-electron chi connectivity index (χ0n) is 14.8. The van der Waals surface area contributed by atoms with Crippen LogP contribution in [0, 0.1) is 10.8 Å². The van der Waals surface area contributed by atoms with E-state index in [9.17, 15) is 0 Å². The van der Waals surface area contributed by atoms with Crippen molar-refractivity contribution in [3.05, 3.63) is 0 Å². The highest BCUT2D eigenvalue weighted by Crippen LogP contribution is 2.41. The lowest BCUT2D eigenvalue weighted by atomic mass is 9.71. The van der Waals surface area contributed by atoms with Crippen LogP contribution >= 0.6 is 0 Å². The smallest absolute Gasteiger partial charge is 0.00501 e. The number of hydrogen-bond donors (Lipinski definition) is 1. The summed E-state index contributed by atoms with van der Waals surface area (Å²) in [4.78, 5) is 2.80. The van der Waals surface area contributed by atoms with E-state index in [0.717, 1.165) is 6.54 Å². The minimum atomic E-state index is 0.576. The van der Waals surface area contributed by atoms with Gasteiger partial charge in [-0.2, -0.15) is 0 Å². The Morgan fingerprint density at radius 3 is 1.95 bits per heavy atom. The van der Waals surface area contributed by atoms with Gasteiger partial charge in [0.05, 0.1) is 0 Å². The van der Waals surface area contributed by atoms with Crippen LogP contribution < -0.4 is 5.32 Å². The van der Waals surface area contributed by atoms with Crippen LogP contribution in [0.1, 0.15) is 78.6 Å². The van der Waals surface area contributed by atoms with E-state index in [4.69, 9.17) is 0 Å². The summed E-state index contributed by atoms with van der Waals surface area (Å²) >= 11 is 0. The molecule has 0 radical (unpaired) electrons. The molecule has 1 heterocycles. The van der Waals surface area contributed by atoms with E-state index in [1.807, 2.05) is 0 Å². The molecule has 1 aliphatic heterocycles. The number of hydrogen-bond acceptors (Lipinski definition) is 2. The van der Waals surface area contributed by atoms with E-state index in [1.165, 1.54) is 84.0 Å². The summed E-state index contributed by atoms with van der Waals surface area (Å²) in [7, 11) is 0. The van der Waals surface area contributed by atoms with Gasteiger partial charge < -0.3 is 10.2 Å². The maximum absolute atomic E-state index is 3.66. The van der Waals surface area contributed by atoms with Gasteiger partial charge in [-0.05, 0) is 56.1 Å². The van der Waals surface area contributed by atoms with Crippen molar-refractivity contribution in [3.63, 3.8) is 0 Å². The zero-order valence-corrected chi connectivity index (χ0v) is 14.8. The molecule has 1 saturated heterocycles. The van der Waals surface area contributed by atoms with Crippen LogP contribution in [-0.2, 0) is 0 Å². The van der Waals surface area contributed by atoms with Crippen molar-refractivity contribution in [2.45, 2.75) is 78.6 Å². The second kappa shape index (κ2) is 7.97. The molecule has 0 aromatic heterocycles. The topological polar surface area (TPSA) is 15.3 Å². The summed E-state index contributed by atoms with van der Waals surface area (Å²) in [6.45, 7) is 13.4. The molecule has 0 unspecified atom stereocenters. The molecule has 1 N–H and O–H groups in total. The normalized spacial score (nSPS) is 25.9. The van der Waals surface area contributed by atoms with Crippen molar-refractivity contribution >= 4 is 0 Å². The van der Waals surface area contributed by atoms with Gasteiger partial charge in [-0.15, -0.1) is 0 Å². The fourth-order valence-electron chi connectivity index (χ4n) is 4.70. The van der Waals surface area contributed by atoms with Gasteiger partial charge in [0.25, 0.3) is 0 Å². The molecule has 0 aromatic carbocycles. The highest BCUT2D eigenvalue weighted by Gasteiger charge is 2.37. The van der Waals surface area contributed by atoms with Crippen molar-refractivity contribution in [2.24, 2.45) is 10.8 Å². The van der Waals surface area contributed by atoms with Crippen LogP contribution in [0.4, 0.5) is 0 Å². The fraction of sp³-hybridized carbons (Fsp3) is 1.00. The lowest BCUT2D eigenvalue weighted by Gasteiger charge is -2.46. The SMILES string of the molecule is CCNCC1(CN2CCC(CC)(CC)CC2)CCCCC1. The Labute approximate surface area is 133 Å². The number of nitrogens with zero attached hydrogens (tertiary/aromatic N) is 1. The summed E-state index contributed by atoms with van der Waals surface area (Å²) < 4.78 is 0. The molecule has 2 heteroatoms. The maximum Gasteiger partial charge on any atom is 0.00501 e. The number of likely N-dealkylation sites (tertiary alicyclic amines) is 1. The number of nitrogens with one attached hydrogen (secondary N) is 1. The Kier molecular flexibility index (Phi) is 6.55. The van der Waals surface area contributed by atoms with Gasteiger partial charge in [-0.3, -0.25) is 0 Å². The first-order chi connectivity index (χ1) is 10.2. The first-order valence-corrected chi connectivity index (χ1v) is 9.61. The molecular weight excluding hydrogens is 256 g/mol. The van der Waals surface area contributed by atoms with Gasteiger partial charge >= 0.3 is 0 Å². The van der Waals surface area contributed by atoms with Crippen molar-refractivity contribution in [1.82, 2.24) is 10.2 Å². The highest BCUT2D eigenvalue weighted by molar-refractivity contribution is 4.91. The fourth-order valence-corrected chi connectivity index (χ4v) is 4.70. The molecule has 1 aliphatic carbocycles. The third-order valence-electron chi connectivity index (χ3n) is 6.64. The predicted molar refractivity (Wildman–Crippen MR) is 92.8 cm³/mol. The van der Waals surface area contributed by atoms with E-state index < -0.39 is 0 Å². The monoisotopic (exact) mass is 294 g/mol. The van der Waals surface area contributed by atoms with E-state index in [-0.39, 0.29) is 0 Å². The van der Waals surface area contributed by atoms with Gasteiger partial charge in [0.1, 0.15) is 0 Å². The Hall–Kier alpha value is -0.0800. The molecule has 21 heavy (non-hydrogen) atoms. The van der Waals surface area contributed by atoms with E-state index in [2.05, 4.69) is 31.0 Å². The number of rotatable bonds is 7. The molecule has 0 spiro atoms. The standard InChI is InChI=1S/C19H38N2/c1-4-18(5-2)12-14-21(15-13-18)17-19(16-20-6-3)10-8-7-9-11-19/h20H,4-17H2,1-3H3.